The first kappa shape index (κ1) is 16.2. The van der Waals surface area contributed by atoms with E-state index in [2.05, 4.69) is 15.4 Å². The summed E-state index contributed by atoms with van der Waals surface area (Å²) in [7, 11) is 0. The third-order valence-electron chi connectivity index (χ3n) is 3.65. The SMILES string of the molecule is Cc1ccc(NC(=O)c2nc(C)n(-c3cccc(Cl)c3)n2)c(C)c1. The highest BCUT2D eigenvalue weighted by atomic mass is 35.5. The number of anilines is 1. The van der Waals surface area contributed by atoms with E-state index in [1.807, 2.05) is 44.2 Å². The maximum absolute atomic E-state index is 12.4. The Kier molecular flexibility index (Phi) is 4.36. The van der Waals surface area contributed by atoms with E-state index in [1.54, 1.807) is 23.7 Å². The molecule has 0 unspecified atom stereocenters. The van der Waals surface area contributed by atoms with E-state index in [9.17, 15) is 4.79 Å². The highest BCUT2D eigenvalue weighted by Crippen LogP contribution is 2.18. The number of amides is 1. The zero-order valence-corrected chi connectivity index (χ0v) is 14.4. The van der Waals surface area contributed by atoms with Crippen LogP contribution >= 0.6 is 11.6 Å². The minimum Gasteiger partial charge on any atom is -0.319 e. The standard InChI is InChI=1S/C18H17ClN4O/c1-11-7-8-16(12(2)9-11)21-18(24)17-20-13(3)23(22-17)15-6-4-5-14(19)10-15/h4-10H,1-3H3,(H,21,24). The first-order chi connectivity index (χ1) is 11.4. The molecule has 6 heteroatoms. The molecule has 1 amide bonds. The molecule has 3 rings (SSSR count). The van der Waals surface area contributed by atoms with Crippen molar-refractivity contribution in [1.29, 1.82) is 0 Å². The van der Waals surface area contributed by atoms with Gasteiger partial charge in [-0.1, -0.05) is 35.4 Å². The van der Waals surface area contributed by atoms with Crippen LogP contribution in [0.2, 0.25) is 5.02 Å². The van der Waals surface area contributed by atoms with E-state index >= 15 is 0 Å². The first-order valence-corrected chi connectivity index (χ1v) is 7.90. The van der Waals surface area contributed by atoms with Gasteiger partial charge in [0.05, 0.1) is 5.69 Å². The van der Waals surface area contributed by atoms with E-state index in [4.69, 9.17) is 11.6 Å². The third kappa shape index (κ3) is 3.31. The average molecular weight is 341 g/mol. The van der Waals surface area contributed by atoms with Gasteiger partial charge < -0.3 is 5.32 Å². The van der Waals surface area contributed by atoms with Crippen molar-refractivity contribution >= 4 is 23.2 Å². The molecular formula is C18H17ClN4O. The third-order valence-corrected chi connectivity index (χ3v) is 3.89. The van der Waals surface area contributed by atoms with Gasteiger partial charge in [-0.2, -0.15) is 0 Å². The topological polar surface area (TPSA) is 59.8 Å². The zero-order valence-electron chi connectivity index (χ0n) is 13.7. The van der Waals surface area contributed by atoms with Crippen molar-refractivity contribution < 1.29 is 4.79 Å². The van der Waals surface area contributed by atoms with Gasteiger partial charge in [-0.05, 0) is 50.6 Å². The Labute approximate surface area is 145 Å². The van der Waals surface area contributed by atoms with Gasteiger partial charge in [-0.25, -0.2) is 9.67 Å². The van der Waals surface area contributed by atoms with Crippen LogP contribution in [0.15, 0.2) is 42.5 Å². The van der Waals surface area contributed by atoms with Crippen LogP contribution in [-0.2, 0) is 0 Å². The average Bonchev–Trinajstić information content (AvgIpc) is 2.92. The molecule has 0 aliphatic heterocycles. The number of rotatable bonds is 3. The molecule has 0 spiro atoms. The molecule has 0 atom stereocenters. The van der Waals surface area contributed by atoms with Gasteiger partial charge in [0.2, 0.25) is 5.82 Å². The van der Waals surface area contributed by atoms with Crippen molar-refractivity contribution in [2.24, 2.45) is 0 Å². The van der Waals surface area contributed by atoms with Crippen LogP contribution in [0.4, 0.5) is 5.69 Å². The van der Waals surface area contributed by atoms with Gasteiger partial charge in [0.15, 0.2) is 0 Å². The van der Waals surface area contributed by atoms with Gasteiger partial charge in [-0.3, -0.25) is 4.79 Å². The number of benzene rings is 2. The Morgan fingerprint density at radius 1 is 1.12 bits per heavy atom. The molecule has 0 aliphatic rings. The van der Waals surface area contributed by atoms with Crippen LogP contribution in [0.1, 0.15) is 27.6 Å². The summed E-state index contributed by atoms with van der Waals surface area (Å²) < 4.78 is 1.60. The molecule has 0 saturated heterocycles. The lowest BCUT2D eigenvalue weighted by atomic mass is 10.1. The van der Waals surface area contributed by atoms with Crippen LogP contribution in [0.3, 0.4) is 0 Å². The van der Waals surface area contributed by atoms with Crippen LogP contribution in [0.5, 0.6) is 0 Å². The predicted octanol–water partition coefficient (Wildman–Crippen LogP) is 4.10. The number of halogens is 1. The van der Waals surface area contributed by atoms with E-state index in [0.29, 0.717) is 10.8 Å². The van der Waals surface area contributed by atoms with E-state index < -0.39 is 0 Å². The van der Waals surface area contributed by atoms with Gasteiger partial charge in [0.1, 0.15) is 5.82 Å². The quantitative estimate of drug-likeness (QED) is 0.781. The monoisotopic (exact) mass is 340 g/mol. The van der Waals surface area contributed by atoms with Crippen molar-refractivity contribution in [2.45, 2.75) is 20.8 Å². The molecule has 0 aliphatic carbocycles. The fourth-order valence-electron chi connectivity index (χ4n) is 2.47. The summed E-state index contributed by atoms with van der Waals surface area (Å²) in [5.41, 5.74) is 3.65. The number of aromatic nitrogens is 3. The predicted molar refractivity (Wildman–Crippen MR) is 95.0 cm³/mol. The lowest BCUT2D eigenvalue weighted by Crippen LogP contribution is -2.15. The summed E-state index contributed by atoms with van der Waals surface area (Å²) in [5.74, 6) is 0.390. The van der Waals surface area contributed by atoms with Crippen molar-refractivity contribution in [1.82, 2.24) is 14.8 Å². The molecule has 5 nitrogen and oxygen atoms in total. The Hall–Kier alpha value is -2.66. The lowest BCUT2D eigenvalue weighted by molar-refractivity contribution is 0.101. The van der Waals surface area contributed by atoms with Gasteiger partial charge in [-0.15, -0.1) is 5.10 Å². The molecule has 0 saturated carbocycles. The number of nitrogens with one attached hydrogen (secondary N) is 1. The Bertz CT molecular complexity index is 917. The maximum atomic E-state index is 12.4. The second-order valence-electron chi connectivity index (χ2n) is 5.65. The number of hydrogen-bond donors (Lipinski definition) is 1. The molecule has 2 aromatic carbocycles. The van der Waals surface area contributed by atoms with Gasteiger partial charge >= 0.3 is 0 Å². The molecule has 24 heavy (non-hydrogen) atoms. The molecule has 0 fully saturated rings. The second kappa shape index (κ2) is 6.45. The molecule has 1 N–H and O–H groups in total. The molecule has 3 aromatic rings. The van der Waals surface area contributed by atoms with E-state index in [-0.39, 0.29) is 11.7 Å². The van der Waals surface area contributed by atoms with Crippen LogP contribution < -0.4 is 5.32 Å². The fraction of sp³-hybridized carbons (Fsp3) is 0.167. The maximum Gasteiger partial charge on any atom is 0.295 e. The summed E-state index contributed by atoms with van der Waals surface area (Å²) in [5, 5.41) is 7.75. The Balaban J connectivity index is 1.87. The van der Waals surface area contributed by atoms with Crippen molar-refractivity contribution in [2.75, 3.05) is 5.32 Å². The molecule has 122 valence electrons. The zero-order chi connectivity index (χ0) is 17.3. The van der Waals surface area contributed by atoms with Crippen molar-refractivity contribution in [3.63, 3.8) is 0 Å². The molecular weight excluding hydrogens is 324 g/mol. The minimum absolute atomic E-state index is 0.118. The van der Waals surface area contributed by atoms with Crippen LogP contribution in [0.25, 0.3) is 5.69 Å². The fourth-order valence-corrected chi connectivity index (χ4v) is 2.66. The summed E-state index contributed by atoms with van der Waals surface area (Å²) in [4.78, 5) is 16.7. The van der Waals surface area contributed by atoms with Crippen molar-refractivity contribution in [3.05, 3.63) is 70.3 Å². The summed E-state index contributed by atoms with van der Waals surface area (Å²) in [6, 6.07) is 13.1. The van der Waals surface area contributed by atoms with Crippen LogP contribution in [0, 0.1) is 20.8 Å². The smallest absolute Gasteiger partial charge is 0.295 e. The largest absolute Gasteiger partial charge is 0.319 e. The highest BCUT2D eigenvalue weighted by Gasteiger charge is 2.16. The number of carbonyl (C=O) groups excluding carboxylic acids is 1. The van der Waals surface area contributed by atoms with Gasteiger partial charge in [0, 0.05) is 10.7 Å². The summed E-state index contributed by atoms with van der Waals surface area (Å²) in [6.07, 6.45) is 0. The molecule has 1 heterocycles. The number of carbonyl (C=O) groups is 1. The van der Waals surface area contributed by atoms with E-state index in [0.717, 1.165) is 22.5 Å². The summed E-state index contributed by atoms with van der Waals surface area (Å²) in [6.45, 7) is 5.75. The number of nitrogens with zero attached hydrogens (tertiary/aromatic N) is 3. The Morgan fingerprint density at radius 2 is 1.92 bits per heavy atom. The molecule has 0 bridgehead atoms. The minimum atomic E-state index is -0.342. The first-order valence-electron chi connectivity index (χ1n) is 7.52. The second-order valence-corrected chi connectivity index (χ2v) is 6.08. The normalized spacial score (nSPS) is 10.7. The van der Waals surface area contributed by atoms with E-state index in [1.165, 1.54) is 0 Å². The molecule has 0 radical (unpaired) electrons. The number of hydrogen-bond acceptors (Lipinski definition) is 3. The Morgan fingerprint density at radius 3 is 2.62 bits per heavy atom. The summed E-state index contributed by atoms with van der Waals surface area (Å²) >= 11 is 6.01. The van der Waals surface area contributed by atoms with Crippen LogP contribution in [-0.4, -0.2) is 20.7 Å². The molecule has 1 aromatic heterocycles. The lowest BCUT2D eigenvalue weighted by Gasteiger charge is -2.07. The van der Waals surface area contributed by atoms with Gasteiger partial charge in [0.25, 0.3) is 5.91 Å². The highest BCUT2D eigenvalue weighted by molar-refractivity contribution is 6.30. The van der Waals surface area contributed by atoms with Crippen molar-refractivity contribution in [3.8, 4) is 5.69 Å². The number of aryl methyl sites for hydroxylation is 3.